The molecular weight excluding hydrogens is 344 g/mol. The molecule has 0 aliphatic rings. The maximum absolute atomic E-state index is 6.04. The summed E-state index contributed by atoms with van der Waals surface area (Å²) in [7, 11) is 0. The van der Waals surface area contributed by atoms with E-state index in [0.29, 0.717) is 5.02 Å². The maximum atomic E-state index is 6.04. The number of aromatic nitrogens is 1. The van der Waals surface area contributed by atoms with E-state index in [1.807, 2.05) is 36.5 Å². The molecule has 0 fully saturated rings. The van der Waals surface area contributed by atoms with Crippen molar-refractivity contribution >= 4 is 34.4 Å². The van der Waals surface area contributed by atoms with Gasteiger partial charge in [0, 0.05) is 23.2 Å². The molecule has 2 aromatic carbocycles. The number of rotatable bonds is 7. The van der Waals surface area contributed by atoms with Crippen LogP contribution < -0.4 is 5.43 Å². The summed E-state index contributed by atoms with van der Waals surface area (Å²) in [4.78, 5) is 6.74. The van der Waals surface area contributed by atoms with Gasteiger partial charge < -0.3 is 0 Å². The van der Waals surface area contributed by atoms with Crippen molar-refractivity contribution in [3.8, 4) is 0 Å². The second kappa shape index (κ2) is 8.79. The number of anilines is 1. The molecule has 0 amide bonds. The van der Waals surface area contributed by atoms with Gasteiger partial charge in [0.05, 0.1) is 17.4 Å². The van der Waals surface area contributed by atoms with E-state index in [2.05, 4.69) is 52.5 Å². The minimum atomic E-state index is 0.677. The van der Waals surface area contributed by atoms with Crippen molar-refractivity contribution in [2.75, 3.05) is 18.5 Å². The molecule has 4 nitrogen and oxygen atoms in total. The highest BCUT2D eigenvalue weighted by atomic mass is 35.5. The predicted molar refractivity (Wildman–Crippen MR) is 111 cm³/mol. The van der Waals surface area contributed by atoms with Gasteiger partial charge in [0.15, 0.2) is 0 Å². The Morgan fingerprint density at radius 3 is 2.73 bits per heavy atom. The van der Waals surface area contributed by atoms with Gasteiger partial charge in [-0.05, 0) is 48.5 Å². The molecule has 26 heavy (non-hydrogen) atoms. The number of hydrogen-bond donors (Lipinski definition) is 1. The topological polar surface area (TPSA) is 40.5 Å². The van der Waals surface area contributed by atoms with Gasteiger partial charge in [-0.15, -0.1) is 0 Å². The van der Waals surface area contributed by atoms with Crippen molar-refractivity contribution in [3.05, 3.63) is 70.9 Å². The molecule has 1 aromatic heterocycles. The third-order valence-electron chi connectivity index (χ3n) is 4.44. The Hall–Kier alpha value is -2.43. The molecule has 0 aliphatic heterocycles. The highest BCUT2D eigenvalue weighted by Crippen LogP contribution is 2.24. The third kappa shape index (κ3) is 4.40. The zero-order valence-electron chi connectivity index (χ0n) is 15.1. The zero-order chi connectivity index (χ0) is 18.4. The van der Waals surface area contributed by atoms with Crippen molar-refractivity contribution < 1.29 is 0 Å². The quantitative estimate of drug-likeness (QED) is 0.463. The fourth-order valence-corrected chi connectivity index (χ4v) is 3.05. The van der Waals surface area contributed by atoms with Crippen LogP contribution in [-0.4, -0.2) is 29.2 Å². The highest BCUT2D eigenvalue weighted by molar-refractivity contribution is 6.31. The van der Waals surface area contributed by atoms with Crippen LogP contribution in [0.15, 0.2) is 59.8 Å². The number of hydrogen-bond acceptors (Lipinski definition) is 4. The number of nitrogens with one attached hydrogen (secondary N) is 1. The Morgan fingerprint density at radius 1 is 1.12 bits per heavy atom. The SMILES string of the molecule is CCN(CC)Cc1ccccc1C=NNc1ccnc2cc(Cl)ccc12. The molecule has 0 bridgehead atoms. The summed E-state index contributed by atoms with van der Waals surface area (Å²) in [5.41, 5.74) is 7.28. The van der Waals surface area contributed by atoms with E-state index >= 15 is 0 Å². The van der Waals surface area contributed by atoms with E-state index in [0.717, 1.165) is 41.8 Å². The number of hydrazone groups is 1. The van der Waals surface area contributed by atoms with Crippen molar-refractivity contribution in [2.24, 2.45) is 5.10 Å². The van der Waals surface area contributed by atoms with Crippen molar-refractivity contribution in [2.45, 2.75) is 20.4 Å². The van der Waals surface area contributed by atoms with Gasteiger partial charge >= 0.3 is 0 Å². The van der Waals surface area contributed by atoms with Crippen LogP contribution in [-0.2, 0) is 6.54 Å². The van der Waals surface area contributed by atoms with Crippen molar-refractivity contribution in [1.29, 1.82) is 0 Å². The predicted octanol–water partition coefficient (Wildman–Crippen LogP) is 5.18. The molecule has 0 saturated carbocycles. The Morgan fingerprint density at radius 2 is 1.92 bits per heavy atom. The summed E-state index contributed by atoms with van der Waals surface area (Å²) in [6.45, 7) is 7.36. The van der Waals surface area contributed by atoms with E-state index < -0.39 is 0 Å². The lowest BCUT2D eigenvalue weighted by molar-refractivity contribution is 0.296. The summed E-state index contributed by atoms with van der Waals surface area (Å²) in [5.74, 6) is 0. The lowest BCUT2D eigenvalue weighted by atomic mass is 10.1. The van der Waals surface area contributed by atoms with Crippen LogP contribution >= 0.6 is 11.6 Å². The highest BCUT2D eigenvalue weighted by Gasteiger charge is 2.05. The molecule has 3 aromatic rings. The second-order valence-electron chi connectivity index (χ2n) is 6.05. The molecule has 0 unspecified atom stereocenters. The third-order valence-corrected chi connectivity index (χ3v) is 4.67. The zero-order valence-corrected chi connectivity index (χ0v) is 15.9. The molecule has 5 heteroatoms. The van der Waals surface area contributed by atoms with Gasteiger partial charge in [0.25, 0.3) is 0 Å². The Kier molecular flexibility index (Phi) is 6.21. The normalized spacial score (nSPS) is 11.5. The molecule has 0 radical (unpaired) electrons. The van der Waals surface area contributed by atoms with Crippen molar-refractivity contribution in [1.82, 2.24) is 9.88 Å². The van der Waals surface area contributed by atoms with Crippen LogP contribution in [0, 0.1) is 0 Å². The van der Waals surface area contributed by atoms with Gasteiger partial charge in [-0.25, -0.2) is 0 Å². The van der Waals surface area contributed by atoms with Crippen molar-refractivity contribution in [3.63, 3.8) is 0 Å². The first-order valence-corrected chi connectivity index (χ1v) is 9.22. The van der Waals surface area contributed by atoms with E-state index in [1.165, 1.54) is 5.56 Å². The van der Waals surface area contributed by atoms with Crippen LogP contribution in [0.25, 0.3) is 10.9 Å². The monoisotopic (exact) mass is 366 g/mol. The molecular formula is C21H23ClN4. The average Bonchev–Trinajstić information content (AvgIpc) is 2.67. The molecule has 0 spiro atoms. The number of benzene rings is 2. The van der Waals surface area contributed by atoms with Gasteiger partial charge in [-0.2, -0.15) is 5.10 Å². The molecule has 1 heterocycles. The Balaban J connectivity index is 1.79. The summed E-state index contributed by atoms with van der Waals surface area (Å²) in [5, 5.41) is 6.12. The van der Waals surface area contributed by atoms with Gasteiger partial charge in [0.1, 0.15) is 0 Å². The van der Waals surface area contributed by atoms with Crippen LogP contribution in [0.4, 0.5) is 5.69 Å². The first kappa shape index (κ1) is 18.4. The van der Waals surface area contributed by atoms with Crippen LogP contribution in [0.5, 0.6) is 0 Å². The summed E-state index contributed by atoms with van der Waals surface area (Å²) in [6.07, 6.45) is 3.63. The first-order valence-electron chi connectivity index (χ1n) is 8.85. The average molecular weight is 367 g/mol. The number of pyridine rings is 1. The summed E-state index contributed by atoms with van der Waals surface area (Å²) >= 11 is 6.04. The number of halogens is 1. The molecule has 0 atom stereocenters. The Labute approximate surface area is 159 Å². The lowest BCUT2D eigenvalue weighted by Crippen LogP contribution is -2.22. The fraction of sp³-hybridized carbons (Fsp3) is 0.238. The standard InChI is InChI=1S/C21H23ClN4/c1-3-26(4-2)15-17-8-6-5-7-16(17)14-24-25-20-11-12-23-21-13-18(22)9-10-19(20)21/h5-14H,3-4,15H2,1-2H3,(H,23,25). The van der Waals surface area contributed by atoms with E-state index in [-0.39, 0.29) is 0 Å². The van der Waals surface area contributed by atoms with Crippen LogP contribution in [0.1, 0.15) is 25.0 Å². The van der Waals surface area contributed by atoms with Crippen LogP contribution in [0.2, 0.25) is 5.02 Å². The minimum Gasteiger partial charge on any atom is -0.300 e. The fourth-order valence-electron chi connectivity index (χ4n) is 2.88. The maximum Gasteiger partial charge on any atom is 0.0738 e. The second-order valence-corrected chi connectivity index (χ2v) is 6.49. The van der Waals surface area contributed by atoms with E-state index in [9.17, 15) is 0 Å². The molecule has 0 aliphatic carbocycles. The van der Waals surface area contributed by atoms with Crippen LogP contribution in [0.3, 0.4) is 0 Å². The largest absolute Gasteiger partial charge is 0.300 e. The van der Waals surface area contributed by atoms with E-state index in [1.54, 1.807) is 6.20 Å². The number of nitrogens with zero attached hydrogens (tertiary/aromatic N) is 3. The molecule has 3 rings (SSSR count). The molecule has 134 valence electrons. The van der Waals surface area contributed by atoms with Gasteiger partial charge in [0.2, 0.25) is 0 Å². The van der Waals surface area contributed by atoms with Gasteiger partial charge in [-0.1, -0.05) is 49.7 Å². The van der Waals surface area contributed by atoms with E-state index in [4.69, 9.17) is 11.6 Å². The minimum absolute atomic E-state index is 0.677. The number of fused-ring (bicyclic) bond motifs is 1. The molecule has 0 saturated heterocycles. The first-order chi connectivity index (χ1) is 12.7. The Bertz CT molecular complexity index is 903. The smallest absolute Gasteiger partial charge is 0.0738 e. The van der Waals surface area contributed by atoms with Gasteiger partial charge in [-0.3, -0.25) is 15.3 Å². The lowest BCUT2D eigenvalue weighted by Gasteiger charge is -2.19. The summed E-state index contributed by atoms with van der Waals surface area (Å²) < 4.78 is 0. The molecule has 1 N–H and O–H groups in total. The summed E-state index contributed by atoms with van der Waals surface area (Å²) in [6, 6.07) is 15.9.